The summed E-state index contributed by atoms with van der Waals surface area (Å²) in [5, 5.41) is 3.70. The van der Waals surface area contributed by atoms with E-state index in [1.54, 1.807) is 12.1 Å². The van der Waals surface area contributed by atoms with Crippen molar-refractivity contribution >= 4 is 11.8 Å². The van der Waals surface area contributed by atoms with Crippen molar-refractivity contribution in [2.24, 2.45) is 10.9 Å². The molecule has 5 heteroatoms. The van der Waals surface area contributed by atoms with E-state index in [1.807, 2.05) is 56.3 Å². The summed E-state index contributed by atoms with van der Waals surface area (Å²) in [7, 11) is 0. The summed E-state index contributed by atoms with van der Waals surface area (Å²) >= 11 is 0. The second-order valence-corrected chi connectivity index (χ2v) is 5.08. The van der Waals surface area contributed by atoms with Crippen molar-refractivity contribution in [1.82, 2.24) is 0 Å². The summed E-state index contributed by atoms with van der Waals surface area (Å²) in [6, 6.07) is 16.6. The maximum atomic E-state index is 12.1. The van der Waals surface area contributed by atoms with Gasteiger partial charge in [-0.05, 0) is 25.5 Å². The van der Waals surface area contributed by atoms with Gasteiger partial charge in [0, 0.05) is 5.56 Å². The Hall–Kier alpha value is -2.82. The van der Waals surface area contributed by atoms with E-state index >= 15 is 0 Å². The summed E-state index contributed by atoms with van der Waals surface area (Å²) in [5.41, 5.74) is 7.63. The molecule has 2 N–H and O–H groups in total. The molecule has 0 saturated carbocycles. The van der Waals surface area contributed by atoms with Gasteiger partial charge in [0.25, 0.3) is 0 Å². The van der Waals surface area contributed by atoms with E-state index in [1.165, 1.54) is 0 Å². The SMILES string of the molecule is CC[C@H](Oc1ccccc1)C(=O)O/N=C(/N)c1ccc(C)cc1. The molecule has 120 valence electrons. The minimum absolute atomic E-state index is 0.146. The zero-order chi connectivity index (χ0) is 16.7. The van der Waals surface area contributed by atoms with Crippen molar-refractivity contribution in [3.8, 4) is 5.75 Å². The van der Waals surface area contributed by atoms with Crippen LogP contribution in [0.25, 0.3) is 0 Å². The molecule has 1 atom stereocenters. The number of rotatable bonds is 6. The summed E-state index contributed by atoms with van der Waals surface area (Å²) in [6.45, 7) is 3.81. The largest absolute Gasteiger partial charge is 0.479 e. The van der Waals surface area contributed by atoms with Crippen LogP contribution in [0, 0.1) is 6.92 Å². The van der Waals surface area contributed by atoms with Gasteiger partial charge >= 0.3 is 5.97 Å². The maximum absolute atomic E-state index is 12.1. The molecule has 0 fully saturated rings. The zero-order valence-electron chi connectivity index (χ0n) is 13.2. The first kappa shape index (κ1) is 16.5. The molecule has 0 aromatic heterocycles. The third-order valence-corrected chi connectivity index (χ3v) is 3.24. The van der Waals surface area contributed by atoms with Crippen LogP contribution in [-0.2, 0) is 9.63 Å². The van der Waals surface area contributed by atoms with E-state index in [-0.39, 0.29) is 5.84 Å². The molecule has 0 aliphatic heterocycles. The fourth-order valence-corrected chi connectivity index (χ4v) is 1.89. The quantitative estimate of drug-likeness (QED) is 0.385. The van der Waals surface area contributed by atoms with Crippen molar-refractivity contribution in [2.75, 3.05) is 0 Å². The Morgan fingerprint density at radius 2 is 1.78 bits per heavy atom. The Morgan fingerprint density at radius 1 is 1.13 bits per heavy atom. The lowest BCUT2D eigenvalue weighted by atomic mass is 10.1. The summed E-state index contributed by atoms with van der Waals surface area (Å²) < 4.78 is 5.59. The smallest absolute Gasteiger partial charge is 0.375 e. The molecule has 0 bridgehead atoms. The van der Waals surface area contributed by atoms with Crippen molar-refractivity contribution < 1.29 is 14.4 Å². The molecule has 5 nitrogen and oxygen atoms in total. The topological polar surface area (TPSA) is 73.9 Å². The highest BCUT2D eigenvalue weighted by Gasteiger charge is 2.20. The first-order valence-electron chi connectivity index (χ1n) is 7.43. The van der Waals surface area contributed by atoms with Gasteiger partial charge in [-0.1, -0.05) is 60.1 Å². The minimum atomic E-state index is -0.730. The monoisotopic (exact) mass is 312 g/mol. The fraction of sp³-hybridized carbons (Fsp3) is 0.222. The van der Waals surface area contributed by atoms with Gasteiger partial charge in [0.2, 0.25) is 0 Å². The van der Waals surface area contributed by atoms with Gasteiger partial charge in [-0.25, -0.2) is 4.79 Å². The molecule has 0 unspecified atom stereocenters. The second kappa shape index (κ2) is 7.98. The Labute approximate surface area is 135 Å². The minimum Gasteiger partial charge on any atom is -0.479 e. The highest BCUT2D eigenvalue weighted by Crippen LogP contribution is 2.13. The molecule has 0 aliphatic rings. The third-order valence-electron chi connectivity index (χ3n) is 3.24. The van der Waals surface area contributed by atoms with Crippen molar-refractivity contribution in [1.29, 1.82) is 0 Å². The number of carbonyl (C=O) groups is 1. The fourth-order valence-electron chi connectivity index (χ4n) is 1.89. The number of nitrogens with two attached hydrogens (primary N) is 1. The lowest BCUT2D eigenvalue weighted by Gasteiger charge is -2.14. The Morgan fingerprint density at radius 3 is 2.39 bits per heavy atom. The molecule has 2 aromatic rings. The first-order chi connectivity index (χ1) is 11.1. The number of benzene rings is 2. The van der Waals surface area contributed by atoms with E-state index in [4.69, 9.17) is 15.3 Å². The molecule has 0 saturated heterocycles. The summed E-state index contributed by atoms with van der Waals surface area (Å²) in [6.07, 6.45) is -0.264. The van der Waals surface area contributed by atoms with Crippen LogP contribution in [-0.4, -0.2) is 17.9 Å². The molecule has 0 heterocycles. The first-order valence-corrected chi connectivity index (χ1v) is 7.43. The van der Waals surface area contributed by atoms with E-state index in [2.05, 4.69) is 5.16 Å². The number of nitrogens with zero attached hydrogens (tertiary/aromatic N) is 1. The van der Waals surface area contributed by atoms with Crippen LogP contribution in [0.1, 0.15) is 24.5 Å². The summed E-state index contributed by atoms with van der Waals surface area (Å²) in [5.74, 6) is 0.172. The molecular formula is C18H20N2O3. The van der Waals surface area contributed by atoms with Crippen molar-refractivity contribution in [3.63, 3.8) is 0 Å². The predicted octanol–water partition coefficient (Wildman–Crippen LogP) is 3.02. The van der Waals surface area contributed by atoms with Gasteiger partial charge in [-0.3, -0.25) is 0 Å². The van der Waals surface area contributed by atoms with Crippen LogP contribution in [0.3, 0.4) is 0 Å². The van der Waals surface area contributed by atoms with Crippen LogP contribution in [0.2, 0.25) is 0 Å². The average molecular weight is 312 g/mol. The van der Waals surface area contributed by atoms with Crippen LogP contribution in [0.4, 0.5) is 0 Å². The van der Waals surface area contributed by atoms with Gasteiger partial charge in [0.1, 0.15) is 5.75 Å². The number of hydrogen-bond acceptors (Lipinski definition) is 4. The zero-order valence-corrected chi connectivity index (χ0v) is 13.2. The molecule has 2 aromatic carbocycles. The van der Waals surface area contributed by atoms with E-state index in [0.717, 1.165) is 5.56 Å². The van der Waals surface area contributed by atoms with Gasteiger partial charge in [0.05, 0.1) is 0 Å². The second-order valence-electron chi connectivity index (χ2n) is 5.08. The molecule has 2 rings (SSSR count). The number of ether oxygens (including phenoxy) is 1. The lowest BCUT2D eigenvalue weighted by molar-refractivity contribution is -0.152. The van der Waals surface area contributed by atoms with Gasteiger partial charge < -0.3 is 15.3 Å². The van der Waals surface area contributed by atoms with Crippen LogP contribution < -0.4 is 10.5 Å². The molecule has 23 heavy (non-hydrogen) atoms. The Kier molecular flexibility index (Phi) is 5.74. The predicted molar refractivity (Wildman–Crippen MR) is 89.1 cm³/mol. The molecule has 0 aliphatic carbocycles. The molecular weight excluding hydrogens is 292 g/mol. The number of para-hydroxylation sites is 1. The normalized spacial score (nSPS) is 12.5. The van der Waals surface area contributed by atoms with E-state index in [0.29, 0.717) is 17.7 Å². The maximum Gasteiger partial charge on any atom is 0.375 e. The standard InChI is InChI=1S/C18H20N2O3/c1-3-16(22-15-7-5-4-6-8-15)18(21)23-20-17(19)14-11-9-13(2)10-12-14/h4-12,16H,3H2,1-2H3,(H2,19,20)/t16-/m0/s1. The molecule has 0 spiro atoms. The molecule has 0 radical (unpaired) electrons. The lowest BCUT2D eigenvalue weighted by Crippen LogP contribution is -2.28. The Balaban J connectivity index is 1.98. The van der Waals surface area contributed by atoms with Crippen molar-refractivity contribution in [2.45, 2.75) is 26.4 Å². The van der Waals surface area contributed by atoms with Gasteiger partial charge in [-0.15, -0.1) is 0 Å². The third kappa shape index (κ3) is 4.85. The van der Waals surface area contributed by atoms with Gasteiger partial charge in [0.15, 0.2) is 11.9 Å². The van der Waals surface area contributed by atoms with Crippen molar-refractivity contribution in [3.05, 3.63) is 65.7 Å². The highest BCUT2D eigenvalue weighted by atomic mass is 16.7. The highest BCUT2D eigenvalue weighted by molar-refractivity contribution is 5.97. The Bertz CT molecular complexity index is 666. The summed E-state index contributed by atoms with van der Waals surface area (Å²) in [4.78, 5) is 17.0. The van der Waals surface area contributed by atoms with E-state index in [9.17, 15) is 4.79 Å². The number of oxime groups is 1. The van der Waals surface area contributed by atoms with Crippen LogP contribution in [0.15, 0.2) is 59.8 Å². The van der Waals surface area contributed by atoms with Crippen LogP contribution >= 0.6 is 0 Å². The molecule has 0 amide bonds. The van der Waals surface area contributed by atoms with Crippen LogP contribution in [0.5, 0.6) is 5.75 Å². The number of aryl methyl sites for hydroxylation is 1. The van der Waals surface area contributed by atoms with E-state index < -0.39 is 12.1 Å². The van der Waals surface area contributed by atoms with Gasteiger partial charge in [-0.2, -0.15) is 0 Å². The number of hydrogen-bond donors (Lipinski definition) is 1. The number of amidine groups is 1. The number of carbonyl (C=O) groups excluding carboxylic acids is 1. The average Bonchev–Trinajstić information content (AvgIpc) is 2.58.